The van der Waals surface area contributed by atoms with Gasteiger partial charge in [-0.05, 0) is 35.9 Å². The minimum absolute atomic E-state index is 0.153. The molecule has 0 spiro atoms. The third-order valence-corrected chi connectivity index (χ3v) is 5.67. The topological polar surface area (TPSA) is 74.0 Å². The van der Waals surface area contributed by atoms with E-state index in [1.54, 1.807) is 4.90 Å². The largest absolute Gasteiger partial charge is 0.447 e. The molecule has 3 aromatic carbocycles. The van der Waals surface area contributed by atoms with Crippen LogP contribution in [0.3, 0.4) is 0 Å². The first-order chi connectivity index (χ1) is 14.8. The van der Waals surface area contributed by atoms with E-state index in [0.29, 0.717) is 6.61 Å². The van der Waals surface area contributed by atoms with Gasteiger partial charge in [-0.15, -0.1) is 0 Å². The molecule has 6 heteroatoms. The molecule has 6 nitrogen and oxygen atoms in total. The number of ether oxygens (including phenoxy) is 1. The number of carbonyl (C=O) groups excluding carboxylic acids is 1. The Bertz CT molecular complexity index is 1350. The van der Waals surface area contributed by atoms with Gasteiger partial charge in [-0.3, -0.25) is 10.00 Å². The number of cyclic esters (lactones) is 1. The van der Waals surface area contributed by atoms with Crippen LogP contribution in [0.4, 0.5) is 10.5 Å². The van der Waals surface area contributed by atoms with E-state index >= 15 is 0 Å². The van der Waals surface area contributed by atoms with Gasteiger partial charge in [0.2, 0.25) is 0 Å². The van der Waals surface area contributed by atoms with Crippen molar-refractivity contribution in [3.63, 3.8) is 0 Å². The normalized spacial score (nSPS) is 16.5. The lowest BCUT2D eigenvalue weighted by molar-refractivity contribution is 0.179. The van der Waals surface area contributed by atoms with Gasteiger partial charge in [0.1, 0.15) is 12.3 Å². The Morgan fingerprint density at radius 3 is 2.63 bits per heavy atom. The van der Waals surface area contributed by atoms with Crippen LogP contribution in [-0.4, -0.2) is 27.9 Å². The fourth-order valence-electron chi connectivity index (χ4n) is 4.19. The van der Waals surface area contributed by atoms with E-state index in [4.69, 9.17) is 4.74 Å². The predicted octanol–water partition coefficient (Wildman–Crippen LogP) is 5.41. The van der Waals surface area contributed by atoms with Crippen molar-refractivity contribution in [2.24, 2.45) is 0 Å². The average Bonchev–Trinajstić information content (AvgIpc) is 3.49. The first kappa shape index (κ1) is 16.9. The molecule has 2 aromatic heterocycles. The van der Waals surface area contributed by atoms with Gasteiger partial charge < -0.3 is 9.72 Å². The number of carbonyl (C=O) groups is 1. The summed E-state index contributed by atoms with van der Waals surface area (Å²) >= 11 is 0. The number of rotatable bonds is 3. The Hall–Kier alpha value is -4.06. The molecule has 6 rings (SSSR count). The fourth-order valence-corrected chi connectivity index (χ4v) is 4.19. The number of fused-ring (bicyclic) bond motifs is 2. The summed E-state index contributed by atoms with van der Waals surface area (Å²) < 4.78 is 5.39. The van der Waals surface area contributed by atoms with Crippen molar-refractivity contribution in [2.45, 2.75) is 6.04 Å². The molecule has 1 aliphatic heterocycles. The predicted molar refractivity (Wildman–Crippen MR) is 116 cm³/mol. The van der Waals surface area contributed by atoms with Crippen LogP contribution in [-0.2, 0) is 4.74 Å². The number of H-pyrrole nitrogens is 2. The minimum Gasteiger partial charge on any atom is -0.447 e. The summed E-state index contributed by atoms with van der Waals surface area (Å²) in [7, 11) is 0. The van der Waals surface area contributed by atoms with Crippen molar-refractivity contribution < 1.29 is 9.53 Å². The van der Waals surface area contributed by atoms with Crippen LogP contribution in [0.2, 0.25) is 0 Å². The average molecular weight is 394 g/mol. The Balaban J connectivity index is 1.46. The van der Waals surface area contributed by atoms with E-state index in [1.165, 1.54) is 0 Å². The van der Waals surface area contributed by atoms with E-state index < -0.39 is 0 Å². The van der Waals surface area contributed by atoms with Gasteiger partial charge in [0, 0.05) is 22.0 Å². The van der Waals surface area contributed by atoms with Gasteiger partial charge >= 0.3 is 6.09 Å². The first-order valence-electron chi connectivity index (χ1n) is 9.85. The molecule has 0 radical (unpaired) electrons. The monoisotopic (exact) mass is 394 g/mol. The van der Waals surface area contributed by atoms with Crippen molar-refractivity contribution in [3.8, 4) is 11.4 Å². The molecule has 3 heterocycles. The maximum Gasteiger partial charge on any atom is 0.415 e. The summed E-state index contributed by atoms with van der Waals surface area (Å²) in [6.07, 6.45) is -0.334. The SMILES string of the molecule is O=C1OC[C@H](c2ccccc2)N1c1ccc2[nH]nc(-c3cc4ccccc4[nH]3)c2c1. The molecule has 1 saturated heterocycles. The van der Waals surface area contributed by atoms with Gasteiger partial charge in [-0.1, -0.05) is 48.5 Å². The smallest absolute Gasteiger partial charge is 0.415 e. The number of benzene rings is 3. The second kappa shape index (κ2) is 6.49. The summed E-state index contributed by atoms with van der Waals surface area (Å²) in [6.45, 7) is 0.334. The summed E-state index contributed by atoms with van der Waals surface area (Å²) in [6, 6.07) is 25.9. The number of aromatic amines is 2. The summed E-state index contributed by atoms with van der Waals surface area (Å²) in [5, 5.41) is 9.71. The molecule has 1 aliphatic rings. The van der Waals surface area contributed by atoms with Gasteiger partial charge in [0.05, 0.1) is 17.3 Å². The Morgan fingerprint density at radius 2 is 1.77 bits per heavy atom. The standard InChI is InChI=1S/C24H18N4O2/c29-24-28(22(14-30-24)15-6-2-1-3-7-15)17-10-11-20-18(13-17)23(27-26-20)21-12-16-8-4-5-9-19(16)25-21/h1-13,22,25H,14H2,(H,26,27)/t22-/m1/s1. The molecule has 1 atom stereocenters. The van der Waals surface area contributed by atoms with E-state index in [-0.39, 0.29) is 12.1 Å². The second-order valence-electron chi connectivity index (χ2n) is 7.45. The van der Waals surface area contributed by atoms with Gasteiger partial charge in [0.25, 0.3) is 0 Å². The highest BCUT2D eigenvalue weighted by Gasteiger charge is 2.35. The first-order valence-corrected chi connectivity index (χ1v) is 9.85. The van der Waals surface area contributed by atoms with Crippen LogP contribution in [0, 0.1) is 0 Å². The van der Waals surface area contributed by atoms with Crippen LogP contribution in [0.1, 0.15) is 11.6 Å². The highest BCUT2D eigenvalue weighted by molar-refractivity contribution is 5.99. The number of hydrogen-bond acceptors (Lipinski definition) is 3. The maximum atomic E-state index is 12.6. The number of amides is 1. The lowest BCUT2D eigenvalue weighted by Gasteiger charge is -2.22. The Kier molecular flexibility index (Phi) is 3.64. The van der Waals surface area contributed by atoms with Gasteiger partial charge in [-0.2, -0.15) is 5.10 Å². The van der Waals surface area contributed by atoms with Crippen molar-refractivity contribution in [1.82, 2.24) is 15.2 Å². The molecule has 2 N–H and O–H groups in total. The van der Waals surface area contributed by atoms with E-state index in [0.717, 1.165) is 44.4 Å². The molecule has 5 aromatic rings. The number of para-hydroxylation sites is 1. The zero-order chi connectivity index (χ0) is 20.1. The third kappa shape index (κ3) is 2.58. The molecule has 1 amide bonds. The molecule has 0 saturated carbocycles. The molecular weight excluding hydrogens is 376 g/mol. The molecule has 0 unspecified atom stereocenters. The van der Waals surface area contributed by atoms with Crippen LogP contribution in [0.15, 0.2) is 78.9 Å². The zero-order valence-corrected chi connectivity index (χ0v) is 16.0. The zero-order valence-electron chi connectivity index (χ0n) is 16.0. The van der Waals surface area contributed by atoms with Crippen molar-refractivity contribution in [1.29, 1.82) is 0 Å². The van der Waals surface area contributed by atoms with Crippen LogP contribution in [0.25, 0.3) is 33.2 Å². The fraction of sp³-hybridized carbons (Fsp3) is 0.0833. The van der Waals surface area contributed by atoms with Gasteiger partial charge in [-0.25, -0.2) is 4.79 Å². The maximum absolute atomic E-state index is 12.6. The number of anilines is 1. The van der Waals surface area contributed by atoms with E-state index in [9.17, 15) is 4.79 Å². The van der Waals surface area contributed by atoms with Crippen molar-refractivity contribution in [3.05, 3.63) is 84.4 Å². The second-order valence-corrected chi connectivity index (χ2v) is 7.45. The van der Waals surface area contributed by atoms with E-state index in [2.05, 4.69) is 27.3 Å². The molecule has 0 bridgehead atoms. The van der Waals surface area contributed by atoms with Crippen LogP contribution in [0.5, 0.6) is 0 Å². The third-order valence-electron chi connectivity index (χ3n) is 5.67. The lowest BCUT2D eigenvalue weighted by Crippen LogP contribution is -2.27. The minimum atomic E-state index is -0.334. The molecule has 0 aliphatic carbocycles. The van der Waals surface area contributed by atoms with Crippen LogP contribution >= 0.6 is 0 Å². The highest BCUT2D eigenvalue weighted by atomic mass is 16.6. The quantitative estimate of drug-likeness (QED) is 0.430. The lowest BCUT2D eigenvalue weighted by atomic mass is 10.1. The Labute approximate surface area is 172 Å². The van der Waals surface area contributed by atoms with Crippen molar-refractivity contribution in [2.75, 3.05) is 11.5 Å². The van der Waals surface area contributed by atoms with E-state index in [1.807, 2.05) is 66.7 Å². The summed E-state index contributed by atoms with van der Waals surface area (Å²) in [5.41, 5.74) is 5.57. The van der Waals surface area contributed by atoms with Gasteiger partial charge in [0.15, 0.2) is 0 Å². The number of aromatic nitrogens is 3. The summed E-state index contributed by atoms with van der Waals surface area (Å²) in [4.78, 5) is 17.7. The number of nitrogens with zero attached hydrogens (tertiary/aromatic N) is 2. The number of nitrogens with one attached hydrogen (secondary N) is 2. The molecular formula is C24H18N4O2. The van der Waals surface area contributed by atoms with Crippen molar-refractivity contribution >= 4 is 33.6 Å². The summed E-state index contributed by atoms with van der Waals surface area (Å²) in [5.74, 6) is 0. The molecule has 1 fully saturated rings. The Morgan fingerprint density at radius 1 is 0.933 bits per heavy atom. The van der Waals surface area contributed by atoms with Crippen LogP contribution < -0.4 is 4.90 Å². The molecule has 146 valence electrons. The number of hydrogen-bond donors (Lipinski definition) is 2. The molecule has 30 heavy (non-hydrogen) atoms. The highest BCUT2D eigenvalue weighted by Crippen LogP contribution is 2.36.